The van der Waals surface area contributed by atoms with Gasteiger partial charge in [-0.25, -0.2) is 4.79 Å². The molecule has 0 saturated heterocycles. The molecule has 2 amide bonds. The van der Waals surface area contributed by atoms with Gasteiger partial charge in [0.1, 0.15) is 5.76 Å². The molecule has 27 heavy (non-hydrogen) atoms. The normalized spacial score (nSPS) is 12.5. The lowest BCUT2D eigenvalue weighted by atomic mass is 10.0. The molecule has 0 aliphatic rings. The van der Waals surface area contributed by atoms with E-state index in [1.165, 1.54) is 0 Å². The third-order valence-electron chi connectivity index (χ3n) is 4.35. The molecule has 1 aromatic carbocycles. The van der Waals surface area contributed by atoms with Gasteiger partial charge in [-0.3, -0.25) is 5.32 Å². The van der Waals surface area contributed by atoms with E-state index >= 15 is 0 Å². The molecular weight excluding hydrogens is 387 g/mol. The molecule has 1 N–H and O–H groups in total. The topological polar surface area (TPSA) is 61.6 Å². The summed E-state index contributed by atoms with van der Waals surface area (Å²) in [4.78, 5) is 16.8. The van der Waals surface area contributed by atoms with Crippen LogP contribution >= 0.6 is 23.2 Å². The number of nitrogens with one attached hydrogen (secondary N) is 1. The fraction of sp³-hybridized carbons (Fsp3) is 0.474. The van der Waals surface area contributed by atoms with E-state index < -0.39 is 0 Å². The molecule has 0 fully saturated rings. The predicted octanol–water partition coefficient (Wildman–Crippen LogP) is 4.91. The first-order chi connectivity index (χ1) is 12.7. The summed E-state index contributed by atoms with van der Waals surface area (Å²) in [7, 11) is 4.03. The monoisotopic (exact) mass is 412 g/mol. The summed E-state index contributed by atoms with van der Waals surface area (Å²) in [5.41, 5.74) is 0.900. The Labute approximate surface area is 170 Å². The van der Waals surface area contributed by atoms with E-state index in [1.54, 1.807) is 30.0 Å². The van der Waals surface area contributed by atoms with Crippen LogP contribution in [0.2, 0.25) is 10.0 Å². The molecule has 6 nitrogen and oxygen atoms in total. The molecule has 0 aliphatic heterocycles. The molecule has 0 radical (unpaired) electrons. The number of nitrogens with zero attached hydrogens (tertiary/aromatic N) is 3. The van der Waals surface area contributed by atoms with Crippen molar-refractivity contribution in [1.82, 2.24) is 15.0 Å². The second-order valence-electron chi connectivity index (χ2n) is 7.16. The molecule has 1 atom stereocenters. The first-order valence-corrected chi connectivity index (χ1v) is 9.52. The largest absolute Gasteiger partial charge is 0.360 e. The van der Waals surface area contributed by atoms with Crippen LogP contribution in [0.3, 0.4) is 0 Å². The van der Waals surface area contributed by atoms with Gasteiger partial charge in [0.2, 0.25) is 0 Å². The van der Waals surface area contributed by atoms with Crippen LogP contribution in [0.25, 0.3) is 0 Å². The van der Waals surface area contributed by atoms with E-state index in [9.17, 15) is 4.79 Å². The number of amides is 2. The molecule has 0 spiro atoms. The van der Waals surface area contributed by atoms with Crippen molar-refractivity contribution in [3.63, 3.8) is 0 Å². The molecule has 0 aliphatic carbocycles. The Kier molecular flexibility index (Phi) is 7.53. The standard InChI is InChI=1S/C19H26Cl2N4O2/c1-12(2)17(24(4)5)11-25(10-14-6-7-15(20)16(21)9-14)19(26)22-18-8-13(3)27-23-18/h6-9,12,17H,10-11H2,1-5H3,(H,22,23,26)/t17-/m0/s1. The van der Waals surface area contributed by atoms with Gasteiger partial charge in [-0.1, -0.05) is 48.3 Å². The van der Waals surface area contributed by atoms with Gasteiger partial charge in [-0.15, -0.1) is 0 Å². The lowest BCUT2D eigenvalue weighted by molar-refractivity contribution is 0.155. The zero-order valence-electron chi connectivity index (χ0n) is 16.3. The average Bonchev–Trinajstić information content (AvgIpc) is 2.98. The number of aromatic nitrogens is 1. The number of likely N-dealkylation sites (N-methyl/N-ethyl adjacent to an activating group) is 1. The first-order valence-electron chi connectivity index (χ1n) is 8.77. The number of halogens is 2. The van der Waals surface area contributed by atoms with Gasteiger partial charge in [0.15, 0.2) is 5.82 Å². The van der Waals surface area contributed by atoms with Crippen molar-refractivity contribution in [2.45, 2.75) is 33.4 Å². The van der Waals surface area contributed by atoms with Crippen molar-refractivity contribution in [3.05, 3.63) is 45.6 Å². The number of aryl methyl sites for hydroxylation is 1. The third kappa shape index (κ3) is 6.13. The summed E-state index contributed by atoms with van der Waals surface area (Å²) in [5.74, 6) is 1.40. The summed E-state index contributed by atoms with van der Waals surface area (Å²) in [5, 5.41) is 7.59. The van der Waals surface area contributed by atoms with E-state index in [2.05, 4.69) is 29.2 Å². The van der Waals surface area contributed by atoms with Crippen LogP contribution in [-0.2, 0) is 6.54 Å². The number of anilines is 1. The molecule has 8 heteroatoms. The average molecular weight is 413 g/mol. The third-order valence-corrected chi connectivity index (χ3v) is 5.09. The van der Waals surface area contributed by atoms with Gasteiger partial charge in [0.05, 0.1) is 10.0 Å². The molecule has 0 saturated carbocycles. The zero-order chi connectivity index (χ0) is 20.1. The minimum atomic E-state index is -0.248. The number of rotatable bonds is 7. The van der Waals surface area contributed by atoms with Gasteiger partial charge in [-0.2, -0.15) is 0 Å². The van der Waals surface area contributed by atoms with Crippen LogP contribution in [0.1, 0.15) is 25.2 Å². The molecular formula is C19H26Cl2N4O2. The quantitative estimate of drug-likeness (QED) is 0.701. The molecule has 0 bridgehead atoms. The molecule has 2 rings (SSSR count). The highest BCUT2D eigenvalue weighted by Gasteiger charge is 2.24. The highest BCUT2D eigenvalue weighted by atomic mass is 35.5. The Hall–Kier alpha value is -1.76. The Morgan fingerprint density at radius 1 is 1.22 bits per heavy atom. The van der Waals surface area contributed by atoms with Crippen LogP contribution in [0.4, 0.5) is 10.6 Å². The Morgan fingerprint density at radius 3 is 2.44 bits per heavy atom. The number of urea groups is 1. The molecule has 2 aromatic rings. The fourth-order valence-electron chi connectivity index (χ4n) is 2.89. The minimum Gasteiger partial charge on any atom is -0.360 e. The highest BCUT2D eigenvalue weighted by molar-refractivity contribution is 6.42. The maximum Gasteiger partial charge on any atom is 0.323 e. The summed E-state index contributed by atoms with van der Waals surface area (Å²) < 4.78 is 5.03. The van der Waals surface area contributed by atoms with Gasteiger partial charge in [-0.05, 0) is 44.6 Å². The van der Waals surface area contributed by atoms with Crippen molar-refractivity contribution < 1.29 is 9.32 Å². The molecule has 1 aromatic heterocycles. The van der Waals surface area contributed by atoms with Crippen molar-refractivity contribution in [1.29, 1.82) is 0 Å². The fourth-order valence-corrected chi connectivity index (χ4v) is 3.21. The van der Waals surface area contributed by atoms with E-state index in [1.807, 2.05) is 20.2 Å². The van der Waals surface area contributed by atoms with Crippen LogP contribution in [-0.4, -0.2) is 47.7 Å². The van der Waals surface area contributed by atoms with Gasteiger partial charge in [0.25, 0.3) is 0 Å². The smallest absolute Gasteiger partial charge is 0.323 e. The van der Waals surface area contributed by atoms with Crippen LogP contribution < -0.4 is 5.32 Å². The van der Waals surface area contributed by atoms with Crippen molar-refractivity contribution in [2.24, 2.45) is 5.92 Å². The molecule has 1 heterocycles. The number of benzene rings is 1. The van der Waals surface area contributed by atoms with E-state index in [0.717, 1.165) is 5.56 Å². The van der Waals surface area contributed by atoms with Crippen molar-refractivity contribution in [3.8, 4) is 0 Å². The van der Waals surface area contributed by atoms with Crippen molar-refractivity contribution >= 4 is 35.1 Å². The van der Waals surface area contributed by atoms with Crippen LogP contribution in [0.5, 0.6) is 0 Å². The lowest BCUT2D eigenvalue weighted by Gasteiger charge is -2.33. The maximum atomic E-state index is 12.9. The minimum absolute atomic E-state index is 0.192. The zero-order valence-corrected chi connectivity index (χ0v) is 17.8. The highest BCUT2D eigenvalue weighted by Crippen LogP contribution is 2.24. The number of carbonyl (C=O) groups is 1. The second kappa shape index (κ2) is 9.44. The van der Waals surface area contributed by atoms with Gasteiger partial charge < -0.3 is 14.3 Å². The van der Waals surface area contributed by atoms with Crippen molar-refractivity contribution in [2.75, 3.05) is 26.0 Å². The summed E-state index contributed by atoms with van der Waals surface area (Å²) in [6.07, 6.45) is 0. The van der Waals surface area contributed by atoms with E-state index in [-0.39, 0.29) is 12.1 Å². The summed E-state index contributed by atoms with van der Waals surface area (Å²) in [6, 6.07) is 7.02. The lowest BCUT2D eigenvalue weighted by Crippen LogP contribution is -2.46. The van der Waals surface area contributed by atoms with E-state index in [0.29, 0.717) is 40.6 Å². The second-order valence-corrected chi connectivity index (χ2v) is 7.97. The summed E-state index contributed by atoms with van der Waals surface area (Å²) in [6.45, 7) is 7.00. The van der Waals surface area contributed by atoms with E-state index in [4.69, 9.17) is 27.7 Å². The Bertz CT molecular complexity index is 769. The molecule has 0 unspecified atom stereocenters. The van der Waals surface area contributed by atoms with Gasteiger partial charge in [0, 0.05) is 25.2 Å². The number of hydrogen-bond acceptors (Lipinski definition) is 4. The number of hydrogen-bond donors (Lipinski definition) is 1. The Balaban J connectivity index is 2.22. The summed E-state index contributed by atoms with van der Waals surface area (Å²) >= 11 is 12.1. The SMILES string of the molecule is Cc1cc(NC(=O)N(Cc2ccc(Cl)c(Cl)c2)C[C@@H](C(C)C)N(C)C)no1. The maximum absolute atomic E-state index is 12.9. The van der Waals surface area contributed by atoms with Gasteiger partial charge >= 0.3 is 6.03 Å². The van der Waals surface area contributed by atoms with Crippen LogP contribution in [0.15, 0.2) is 28.8 Å². The Morgan fingerprint density at radius 2 is 1.93 bits per heavy atom. The predicted molar refractivity (Wildman–Crippen MR) is 109 cm³/mol. The van der Waals surface area contributed by atoms with Crippen LogP contribution in [0, 0.1) is 12.8 Å². The number of carbonyl (C=O) groups excluding carboxylic acids is 1. The first kappa shape index (κ1) is 21.5. The molecule has 148 valence electrons.